The molecule has 27 heavy (non-hydrogen) atoms. The SMILES string of the molecule is Cc1nc2c(cnn2C(C)C)cc1C(=O)NC(C)CCc1ccc(Br)cc1. The summed E-state index contributed by atoms with van der Waals surface area (Å²) in [5, 5.41) is 8.37. The van der Waals surface area contributed by atoms with Gasteiger partial charge >= 0.3 is 0 Å². The summed E-state index contributed by atoms with van der Waals surface area (Å²) in [6.07, 6.45) is 3.58. The minimum Gasteiger partial charge on any atom is -0.350 e. The van der Waals surface area contributed by atoms with Gasteiger partial charge in [0.1, 0.15) is 0 Å². The van der Waals surface area contributed by atoms with Crippen LogP contribution in [-0.2, 0) is 6.42 Å². The smallest absolute Gasteiger partial charge is 0.253 e. The largest absolute Gasteiger partial charge is 0.350 e. The molecule has 0 spiro atoms. The van der Waals surface area contributed by atoms with Gasteiger partial charge in [-0.3, -0.25) is 4.79 Å². The highest BCUT2D eigenvalue weighted by Gasteiger charge is 2.16. The molecule has 2 aromatic heterocycles. The fourth-order valence-corrected chi connectivity index (χ4v) is 3.35. The molecule has 142 valence electrons. The van der Waals surface area contributed by atoms with Crippen LogP contribution in [0.15, 0.2) is 41.0 Å². The number of hydrogen-bond donors (Lipinski definition) is 1. The summed E-state index contributed by atoms with van der Waals surface area (Å²) in [6.45, 7) is 8.04. The molecule has 0 saturated carbocycles. The average Bonchev–Trinajstić information content (AvgIpc) is 3.03. The second-order valence-corrected chi connectivity index (χ2v) is 8.17. The molecule has 0 aliphatic heterocycles. The van der Waals surface area contributed by atoms with Crippen LogP contribution in [0, 0.1) is 6.92 Å². The summed E-state index contributed by atoms with van der Waals surface area (Å²) in [5.74, 6) is -0.0810. The number of aromatic nitrogens is 3. The van der Waals surface area contributed by atoms with E-state index in [-0.39, 0.29) is 18.0 Å². The van der Waals surface area contributed by atoms with Crippen molar-refractivity contribution >= 4 is 32.9 Å². The molecule has 0 bridgehead atoms. The molecular formula is C21H25BrN4O. The summed E-state index contributed by atoms with van der Waals surface area (Å²) in [7, 11) is 0. The fraction of sp³-hybridized carbons (Fsp3) is 0.381. The van der Waals surface area contributed by atoms with Gasteiger partial charge in [-0.05, 0) is 64.3 Å². The number of hydrogen-bond acceptors (Lipinski definition) is 3. The van der Waals surface area contributed by atoms with E-state index in [2.05, 4.69) is 57.3 Å². The molecule has 3 aromatic rings. The monoisotopic (exact) mass is 428 g/mol. The Balaban J connectivity index is 1.68. The predicted molar refractivity (Wildman–Crippen MR) is 112 cm³/mol. The zero-order valence-corrected chi connectivity index (χ0v) is 17.7. The number of pyridine rings is 1. The van der Waals surface area contributed by atoms with Crippen molar-refractivity contribution in [2.75, 3.05) is 0 Å². The van der Waals surface area contributed by atoms with E-state index in [1.165, 1.54) is 5.56 Å². The minimum atomic E-state index is -0.0810. The Hall–Kier alpha value is -2.21. The number of nitrogens with zero attached hydrogens (tertiary/aromatic N) is 3. The molecule has 1 atom stereocenters. The van der Waals surface area contributed by atoms with E-state index < -0.39 is 0 Å². The molecule has 0 fully saturated rings. The van der Waals surface area contributed by atoms with E-state index in [0.29, 0.717) is 5.56 Å². The normalized spacial score (nSPS) is 12.5. The molecule has 6 heteroatoms. The van der Waals surface area contributed by atoms with Crippen LogP contribution in [0.3, 0.4) is 0 Å². The maximum atomic E-state index is 12.7. The topological polar surface area (TPSA) is 59.8 Å². The van der Waals surface area contributed by atoms with Crippen molar-refractivity contribution in [1.29, 1.82) is 0 Å². The summed E-state index contributed by atoms with van der Waals surface area (Å²) in [5.41, 5.74) is 3.42. The van der Waals surface area contributed by atoms with Gasteiger partial charge in [0.25, 0.3) is 5.91 Å². The number of aryl methyl sites for hydroxylation is 2. The number of carbonyl (C=O) groups is 1. The zero-order chi connectivity index (χ0) is 19.6. The van der Waals surface area contributed by atoms with E-state index >= 15 is 0 Å². The molecule has 1 amide bonds. The Kier molecular flexibility index (Phi) is 5.95. The Morgan fingerprint density at radius 2 is 1.93 bits per heavy atom. The van der Waals surface area contributed by atoms with Gasteiger partial charge in [-0.1, -0.05) is 28.1 Å². The van der Waals surface area contributed by atoms with Gasteiger partial charge in [-0.2, -0.15) is 5.10 Å². The first kappa shape index (κ1) is 19.5. The lowest BCUT2D eigenvalue weighted by Crippen LogP contribution is -2.33. The Labute approximate surface area is 168 Å². The zero-order valence-electron chi connectivity index (χ0n) is 16.2. The van der Waals surface area contributed by atoms with Crippen LogP contribution >= 0.6 is 15.9 Å². The number of halogens is 1. The first-order chi connectivity index (χ1) is 12.8. The van der Waals surface area contributed by atoms with E-state index in [4.69, 9.17) is 0 Å². The number of amides is 1. The second kappa shape index (κ2) is 8.21. The van der Waals surface area contributed by atoms with Crippen LogP contribution in [0.2, 0.25) is 0 Å². The van der Waals surface area contributed by atoms with Crippen molar-refractivity contribution in [2.24, 2.45) is 0 Å². The quantitative estimate of drug-likeness (QED) is 0.611. The maximum Gasteiger partial charge on any atom is 0.253 e. The highest BCUT2D eigenvalue weighted by molar-refractivity contribution is 9.10. The third-order valence-corrected chi connectivity index (χ3v) is 5.18. The first-order valence-electron chi connectivity index (χ1n) is 9.25. The Morgan fingerprint density at radius 1 is 1.22 bits per heavy atom. The standard InChI is InChI=1S/C21H25BrN4O/c1-13(2)26-20-17(12-23-26)11-19(15(4)25-20)21(27)24-14(3)5-6-16-7-9-18(22)10-8-16/h7-14H,5-6H2,1-4H3,(H,24,27). The second-order valence-electron chi connectivity index (χ2n) is 7.26. The summed E-state index contributed by atoms with van der Waals surface area (Å²) < 4.78 is 2.96. The molecule has 0 aliphatic rings. The minimum absolute atomic E-state index is 0.0784. The number of rotatable bonds is 6. The molecule has 0 radical (unpaired) electrons. The lowest BCUT2D eigenvalue weighted by Gasteiger charge is -2.15. The van der Waals surface area contributed by atoms with Gasteiger partial charge in [-0.25, -0.2) is 9.67 Å². The molecule has 3 rings (SSSR count). The van der Waals surface area contributed by atoms with Gasteiger partial charge < -0.3 is 5.32 Å². The fourth-order valence-electron chi connectivity index (χ4n) is 3.08. The molecule has 2 heterocycles. The van der Waals surface area contributed by atoms with Gasteiger partial charge in [0.15, 0.2) is 5.65 Å². The number of carbonyl (C=O) groups excluding carboxylic acids is 1. The van der Waals surface area contributed by atoms with Crippen molar-refractivity contribution < 1.29 is 4.79 Å². The average molecular weight is 429 g/mol. The van der Waals surface area contributed by atoms with Crippen LogP contribution in [0.1, 0.15) is 54.8 Å². The predicted octanol–water partition coefficient (Wildman–Crippen LogP) is 4.83. The van der Waals surface area contributed by atoms with Crippen LogP contribution in [0.4, 0.5) is 0 Å². The number of fused-ring (bicyclic) bond motifs is 1. The highest BCUT2D eigenvalue weighted by atomic mass is 79.9. The molecule has 0 saturated heterocycles. The maximum absolute atomic E-state index is 12.7. The van der Waals surface area contributed by atoms with Gasteiger partial charge in [0.2, 0.25) is 0 Å². The Morgan fingerprint density at radius 3 is 2.59 bits per heavy atom. The van der Waals surface area contributed by atoms with E-state index in [9.17, 15) is 4.79 Å². The van der Waals surface area contributed by atoms with Gasteiger partial charge in [0.05, 0.1) is 17.5 Å². The summed E-state index contributed by atoms with van der Waals surface area (Å²) in [4.78, 5) is 17.4. The molecule has 1 aromatic carbocycles. The summed E-state index contributed by atoms with van der Waals surface area (Å²) in [6, 6.07) is 10.5. The number of benzene rings is 1. The van der Waals surface area contributed by atoms with Crippen molar-refractivity contribution in [2.45, 2.75) is 52.6 Å². The summed E-state index contributed by atoms with van der Waals surface area (Å²) >= 11 is 3.45. The van der Waals surface area contributed by atoms with E-state index in [0.717, 1.165) is 34.0 Å². The number of nitrogens with one attached hydrogen (secondary N) is 1. The van der Waals surface area contributed by atoms with E-state index in [1.54, 1.807) is 6.20 Å². The first-order valence-corrected chi connectivity index (χ1v) is 10.0. The van der Waals surface area contributed by atoms with E-state index in [1.807, 2.05) is 36.7 Å². The lowest BCUT2D eigenvalue weighted by atomic mass is 10.1. The molecule has 1 unspecified atom stereocenters. The van der Waals surface area contributed by atoms with Crippen LogP contribution in [0.5, 0.6) is 0 Å². The molecular weight excluding hydrogens is 404 g/mol. The molecule has 0 aliphatic carbocycles. The van der Waals surface area contributed by atoms with Crippen LogP contribution in [0.25, 0.3) is 11.0 Å². The Bertz CT molecular complexity index is 947. The van der Waals surface area contributed by atoms with Crippen LogP contribution < -0.4 is 5.32 Å². The highest BCUT2D eigenvalue weighted by Crippen LogP contribution is 2.19. The molecule has 5 nitrogen and oxygen atoms in total. The van der Waals surface area contributed by atoms with Crippen molar-refractivity contribution in [3.8, 4) is 0 Å². The van der Waals surface area contributed by atoms with Crippen molar-refractivity contribution in [3.05, 3.63) is 57.8 Å². The third kappa shape index (κ3) is 4.56. The van der Waals surface area contributed by atoms with Gasteiger partial charge in [-0.15, -0.1) is 0 Å². The van der Waals surface area contributed by atoms with Crippen LogP contribution in [-0.4, -0.2) is 26.7 Å². The lowest BCUT2D eigenvalue weighted by molar-refractivity contribution is 0.0937. The third-order valence-electron chi connectivity index (χ3n) is 4.65. The van der Waals surface area contributed by atoms with Crippen molar-refractivity contribution in [3.63, 3.8) is 0 Å². The molecule has 1 N–H and O–H groups in total. The van der Waals surface area contributed by atoms with Gasteiger partial charge in [0, 0.05) is 21.9 Å². The van der Waals surface area contributed by atoms with Crippen molar-refractivity contribution in [1.82, 2.24) is 20.1 Å².